The summed E-state index contributed by atoms with van der Waals surface area (Å²) < 4.78 is 5.81. The van der Waals surface area contributed by atoms with Crippen LogP contribution in [0.3, 0.4) is 0 Å². The van der Waals surface area contributed by atoms with Gasteiger partial charge in [-0.2, -0.15) is 0 Å². The molecule has 4 rings (SSSR count). The fourth-order valence-corrected chi connectivity index (χ4v) is 4.33. The summed E-state index contributed by atoms with van der Waals surface area (Å²) in [5, 5.41) is 0. The molecular formula is C20H25N3O2. The highest BCUT2D eigenvalue weighted by Crippen LogP contribution is 2.48. The summed E-state index contributed by atoms with van der Waals surface area (Å²) in [6, 6.07) is 5.96. The Labute approximate surface area is 148 Å². The van der Waals surface area contributed by atoms with Crippen LogP contribution in [0.4, 0.5) is 0 Å². The second kappa shape index (κ2) is 5.70. The summed E-state index contributed by atoms with van der Waals surface area (Å²) >= 11 is 0. The Morgan fingerprint density at radius 2 is 1.96 bits per heavy atom. The number of hydrogen-bond donors (Lipinski definition) is 0. The number of benzene rings is 1. The van der Waals surface area contributed by atoms with Gasteiger partial charge in [0.15, 0.2) is 5.89 Å². The molecule has 0 N–H and O–H groups in total. The number of rotatable bonds is 2. The lowest BCUT2D eigenvalue weighted by Crippen LogP contribution is -2.61. The number of likely N-dealkylation sites (tertiary alicyclic amines) is 2. The molecule has 3 heterocycles. The molecular weight excluding hydrogens is 314 g/mol. The molecule has 1 amide bonds. The van der Waals surface area contributed by atoms with Crippen LogP contribution in [-0.4, -0.2) is 53.9 Å². The van der Waals surface area contributed by atoms with E-state index in [9.17, 15) is 4.79 Å². The SMILES string of the molecule is Cc1cnc(C2CN(C)CC23CN(C(=O)c2ccc(C)c(C)c2)C3)o1. The molecule has 25 heavy (non-hydrogen) atoms. The molecule has 1 atom stereocenters. The number of nitrogens with zero attached hydrogens (tertiary/aromatic N) is 3. The van der Waals surface area contributed by atoms with Gasteiger partial charge in [0.25, 0.3) is 5.91 Å². The molecule has 132 valence electrons. The molecule has 0 aliphatic carbocycles. The second-order valence-electron chi connectivity index (χ2n) is 7.88. The van der Waals surface area contributed by atoms with Gasteiger partial charge in [-0.3, -0.25) is 4.79 Å². The van der Waals surface area contributed by atoms with Crippen LogP contribution >= 0.6 is 0 Å². The predicted molar refractivity (Wildman–Crippen MR) is 95.7 cm³/mol. The third-order valence-electron chi connectivity index (χ3n) is 5.81. The van der Waals surface area contributed by atoms with Crippen molar-refractivity contribution in [1.29, 1.82) is 0 Å². The lowest BCUT2D eigenvalue weighted by molar-refractivity contribution is 0.000502. The molecule has 2 aliphatic heterocycles. The van der Waals surface area contributed by atoms with Gasteiger partial charge in [0.2, 0.25) is 0 Å². The number of oxazole rings is 1. The standard InChI is InChI=1S/C20H25N3O2/c1-13-5-6-16(7-14(13)2)19(24)23-11-20(12-23)10-22(4)9-17(20)18-21-8-15(3)25-18/h5-8,17H,9-12H2,1-4H3. The van der Waals surface area contributed by atoms with Crippen molar-refractivity contribution in [3.63, 3.8) is 0 Å². The predicted octanol–water partition coefficient (Wildman–Crippen LogP) is 2.77. The molecule has 1 spiro atoms. The van der Waals surface area contributed by atoms with Crippen LogP contribution in [-0.2, 0) is 0 Å². The molecule has 1 aromatic carbocycles. The van der Waals surface area contributed by atoms with E-state index in [1.54, 1.807) is 6.20 Å². The first kappa shape index (κ1) is 16.3. The molecule has 0 bridgehead atoms. The lowest BCUT2D eigenvalue weighted by Gasteiger charge is -2.50. The van der Waals surface area contributed by atoms with Crippen molar-refractivity contribution in [2.75, 3.05) is 33.2 Å². The van der Waals surface area contributed by atoms with Crippen molar-refractivity contribution in [1.82, 2.24) is 14.8 Å². The van der Waals surface area contributed by atoms with Gasteiger partial charge in [0, 0.05) is 37.2 Å². The first-order chi connectivity index (χ1) is 11.9. The third kappa shape index (κ3) is 2.67. The zero-order valence-electron chi connectivity index (χ0n) is 15.4. The van der Waals surface area contributed by atoms with Crippen LogP contribution in [0.1, 0.15) is 39.1 Å². The number of aromatic nitrogens is 1. The Morgan fingerprint density at radius 3 is 2.60 bits per heavy atom. The minimum atomic E-state index is 0.0709. The van der Waals surface area contributed by atoms with Gasteiger partial charge in [0.1, 0.15) is 5.76 Å². The topological polar surface area (TPSA) is 49.6 Å². The lowest BCUT2D eigenvalue weighted by atomic mass is 9.71. The molecule has 2 saturated heterocycles. The minimum Gasteiger partial charge on any atom is -0.446 e. The summed E-state index contributed by atoms with van der Waals surface area (Å²) in [5.74, 6) is 2.06. The molecule has 5 heteroatoms. The fraction of sp³-hybridized carbons (Fsp3) is 0.500. The van der Waals surface area contributed by atoms with Gasteiger partial charge in [-0.05, 0) is 51.1 Å². The van der Waals surface area contributed by atoms with E-state index in [0.29, 0.717) is 0 Å². The second-order valence-corrected chi connectivity index (χ2v) is 7.88. The first-order valence-electron chi connectivity index (χ1n) is 8.85. The number of carbonyl (C=O) groups excluding carboxylic acids is 1. The fourth-order valence-electron chi connectivity index (χ4n) is 4.33. The number of amides is 1. The molecule has 0 radical (unpaired) electrons. The van der Waals surface area contributed by atoms with E-state index in [0.717, 1.165) is 49.0 Å². The monoisotopic (exact) mass is 339 g/mol. The summed E-state index contributed by atoms with van der Waals surface area (Å²) in [6.45, 7) is 9.51. The molecule has 0 saturated carbocycles. The average Bonchev–Trinajstić information content (AvgIpc) is 3.11. The van der Waals surface area contributed by atoms with E-state index in [-0.39, 0.29) is 17.2 Å². The van der Waals surface area contributed by atoms with Crippen LogP contribution in [0.25, 0.3) is 0 Å². The Bertz CT molecular complexity index is 820. The summed E-state index contributed by atoms with van der Waals surface area (Å²) in [5.41, 5.74) is 3.23. The minimum absolute atomic E-state index is 0.0709. The highest BCUT2D eigenvalue weighted by molar-refractivity contribution is 5.95. The summed E-state index contributed by atoms with van der Waals surface area (Å²) in [7, 11) is 2.13. The molecule has 1 aromatic heterocycles. The first-order valence-corrected chi connectivity index (χ1v) is 8.85. The molecule has 2 fully saturated rings. The maximum atomic E-state index is 12.8. The largest absolute Gasteiger partial charge is 0.446 e. The number of aryl methyl sites for hydroxylation is 3. The van der Waals surface area contributed by atoms with E-state index in [2.05, 4.69) is 30.8 Å². The van der Waals surface area contributed by atoms with Gasteiger partial charge in [-0.15, -0.1) is 0 Å². The van der Waals surface area contributed by atoms with Crippen LogP contribution in [0, 0.1) is 26.2 Å². The van der Waals surface area contributed by atoms with Crippen LogP contribution < -0.4 is 0 Å². The van der Waals surface area contributed by atoms with Crippen molar-refractivity contribution in [3.05, 3.63) is 52.7 Å². The van der Waals surface area contributed by atoms with Crippen molar-refractivity contribution in [2.24, 2.45) is 5.41 Å². The number of likely N-dealkylation sites (N-methyl/N-ethyl adjacent to an activating group) is 1. The number of carbonyl (C=O) groups is 1. The Kier molecular flexibility index (Phi) is 3.72. The molecule has 2 aromatic rings. The van der Waals surface area contributed by atoms with E-state index in [1.165, 1.54) is 5.56 Å². The average molecular weight is 339 g/mol. The van der Waals surface area contributed by atoms with Gasteiger partial charge in [-0.25, -0.2) is 4.98 Å². The van der Waals surface area contributed by atoms with E-state index in [1.807, 2.05) is 30.0 Å². The smallest absolute Gasteiger partial charge is 0.253 e. The zero-order chi connectivity index (χ0) is 17.8. The number of hydrogen-bond acceptors (Lipinski definition) is 4. The van der Waals surface area contributed by atoms with Gasteiger partial charge in [0.05, 0.1) is 12.1 Å². The van der Waals surface area contributed by atoms with Gasteiger partial charge in [-0.1, -0.05) is 6.07 Å². The van der Waals surface area contributed by atoms with Crippen molar-refractivity contribution in [3.8, 4) is 0 Å². The maximum Gasteiger partial charge on any atom is 0.253 e. The van der Waals surface area contributed by atoms with E-state index >= 15 is 0 Å². The Morgan fingerprint density at radius 1 is 1.20 bits per heavy atom. The zero-order valence-corrected chi connectivity index (χ0v) is 15.4. The Hall–Kier alpha value is -2.14. The molecule has 1 unspecified atom stereocenters. The third-order valence-corrected chi connectivity index (χ3v) is 5.81. The van der Waals surface area contributed by atoms with E-state index < -0.39 is 0 Å². The van der Waals surface area contributed by atoms with Gasteiger partial charge >= 0.3 is 0 Å². The van der Waals surface area contributed by atoms with Gasteiger partial charge < -0.3 is 14.2 Å². The van der Waals surface area contributed by atoms with Crippen LogP contribution in [0.5, 0.6) is 0 Å². The van der Waals surface area contributed by atoms with Crippen molar-refractivity contribution in [2.45, 2.75) is 26.7 Å². The van der Waals surface area contributed by atoms with Crippen molar-refractivity contribution < 1.29 is 9.21 Å². The molecule has 2 aliphatic rings. The van der Waals surface area contributed by atoms with Crippen LogP contribution in [0.15, 0.2) is 28.8 Å². The van der Waals surface area contributed by atoms with E-state index in [4.69, 9.17) is 4.42 Å². The normalized spacial score (nSPS) is 22.4. The quantitative estimate of drug-likeness (QED) is 0.844. The maximum absolute atomic E-state index is 12.8. The summed E-state index contributed by atoms with van der Waals surface area (Å²) in [4.78, 5) is 21.6. The van der Waals surface area contributed by atoms with Crippen molar-refractivity contribution >= 4 is 5.91 Å². The van der Waals surface area contributed by atoms with Crippen LogP contribution in [0.2, 0.25) is 0 Å². The highest BCUT2D eigenvalue weighted by Gasteiger charge is 2.56. The highest BCUT2D eigenvalue weighted by atomic mass is 16.4. The summed E-state index contributed by atoms with van der Waals surface area (Å²) in [6.07, 6.45) is 1.79. The molecule has 5 nitrogen and oxygen atoms in total. The Balaban J connectivity index is 1.52.